The van der Waals surface area contributed by atoms with E-state index in [4.69, 9.17) is 32.7 Å². The van der Waals surface area contributed by atoms with Crippen molar-refractivity contribution < 1.29 is 27.5 Å². The van der Waals surface area contributed by atoms with Crippen LogP contribution in [0.5, 0.6) is 11.5 Å². The van der Waals surface area contributed by atoms with Crippen LogP contribution >= 0.6 is 23.2 Å². The predicted molar refractivity (Wildman–Crippen MR) is 173 cm³/mol. The first kappa shape index (κ1) is 33.4. The van der Waals surface area contributed by atoms with Crippen molar-refractivity contribution in [3.8, 4) is 11.5 Å². The van der Waals surface area contributed by atoms with Crippen LogP contribution in [0.3, 0.4) is 0 Å². The fourth-order valence-electron chi connectivity index (χ4n) is 4.95. The number of carbonyl (C=O) groups excluding carboxylic acids is 2. The molecule has 3 aromatic carbocycles. The highest BCUT2D eigenvalue weighted by molar-refractivity contribution is 7.92. The Morgan fingerprint density at radius 1 is 0.932 bits per heavy atom. The molecule has 1 aliphatic rings. The van der Waals surface area contributed by atoms with Gasteiger partial charge >= 0.3 is 0 Å². The fraction of sp³-hybridized carbons (Fsp3) is 0.375. The van der Waals surface area contributed by atoms with Gasteiger partial charge < -0.3 is 19.7 Å². The number of anilines is 1. The Balaban J connectivity index is 1.58. The molecule has 3 aromatic rings. The molecule has 0 aliphatic carbocycles. The topological polar surface area (TPSA) is 105 Å². The molecule has 12 heteroatoms. The highest BCUT2D eigenvalue weighted by atomic mass is 35.5. The molecule has 1 aliphatic heterocycles. The third-order valence-corrected chi connectivity index (χ3v) is 9.06. The summed E-state index contributed by atoms with van der Waals surface area (Å²) in [5.74, 6) is 0.456. The Kier molecular flexibility index (Phi) is 11.8. The van der Waals surface area contributed by atoms with Crippen LogP contribution in [0.1, 0.15) is 37.3 Å². The molecule has 0 saturated carbocycles. The first-order valence-electron chi connectivity index (χ1n) is 14.5. The van der Waals surface area contributed by atoms with E-state index < -0.39 is 16.1 Å². The summed E-state index contributed by atoms with van der Waals surface area (Å²) in [5, 5.41) is 3.67. The van der Waals surface area contributed by atoms with Crippen molar-refractivity contribution in [1.29, 1.82) is 0 Å². The zero-order valence-electron chi connectivity index (χ0n) is 24.8. The molecular formula is C32H37Cl2N3O6S. The van der Waals surface area contributed by atoms with Crippen LogP contribution < -0.4 is 19.1 Å². The SMILES string of the molecule is CCCNC(=O)[C@H](Cc1ccccc1)N(Cc1ccc(Cl)c(Cl)c1)C(=O)CCCN(c1ccc2c(c1)OCCO2)S(C)(=O)=O. The number of amides is 2. The van der Waals surface area contributed by atoms with Gasteiger partial charge in [-0.15, -0.1) is 0 Å². The van der Waals surface area contributed by atoms with Crippen LogP contribution in [0.4, 0.5) is 5.69 Å². The van der Waals surface area contributed by atoms with E-state index >= 15 is 0 Å². The van der Waals surface area contributed by atoms with Crippen LogP contribution in [0.2, 0.25) is 10.0 Å². The first-order chi connectivity index (χ1) is 21.1. The van der Waals surface area contributed by atoms with Gasteiger partial charge in [-0.1, -0.05) is 66.5 Å². The van der Waals surface area contributed by atoms with E-state index in [9.17, 15) is 18.0 Å². The lowest BCUT2D eigenvalue weighted by Crippen LogP contribution is -2.50. The molecular weight excluding hydrogens is 625 g/mol. The van der Waals surface area contributed by atoms with Gasteiger partial charge in [0.05, 0.1) is 22.0 Å². The fourth-order valence-corrected chi connectivity index (χ4v) is 6.22. The van der Waals surface area contributed by atoms with Crippen LogP contribution in [0.25, 0.3) is 0 Å². The maximum atomic E-state index is 14.0. The Labute approximate surface area is 269 Å². The second kappa shape index (κ2) is 15.5. The molecule has 0 aromatic heterocycles. The molecule has 9 nitrogen and oxygen atoms in total. The highest BCUT2D eigenvalue weighted by Crippen LogP contribution is 2.35. The number of hydrogen-bond donors (Lipinski definition) is 1. The molecule has 0 unspecified atom stereocenters. The maximum absolute atomic E-state index is 14.0. The van der Waals surface area contributed by atoms with E-state index in [0.717, 1.165) is 18.2 Å². The number of hydrogen-bond acceptors (Lipinski definition) is 6. The molecule has 0 spiro atoms. The molecule has 44 heavy (non-hydrogen) atoms. The largest absolute Gasteiger partial charge is 0.486 e. The van der Waals surface area contributed by atoms with Gasteiger partial charge in [0.25, 0.3) is 0 Å². The summed E-state index contributed by atoms with van der Waals surface area (Å²) in [4.78, 5) is 29.0. The van der Waals surface area contributed by atoms with Crippen LogP contribution in [-0.2, 0) is 32.6 Å². The summed E-state index contributed by atoms with van der Waals surface area (Å²) >= 11 is 12.4. The van der Waals surface area contributed by atoms with E-state index in [1.165, 1.54) is 4.31 Å². The average molecular weight is 663 g/mol. The minimum absolute atomic E-state index is 0.00421. The number of benzene rings is 3. The minimum atomic E-state index is -3.68. The summed E-state index contributed by atoms with van der Waals surface area (Å²) in [5.41, 5.74) is 2.03. The van der Waals surface area contributed by atoms with Gasteiger partial charge in [-0.25, -0.2) is 8.42 Å². The maximum Gasteiger partial charge on any atom is 0.243 e. The van der Waals surface area contributed by atoms with Gasteiger partial charge in [-0.3, -0.25) is 13.9 Å². The monoisotopic (exact) mass is 661 g/mol. The highest BCUT2D eigenvalue weighted by Gasteiger charge is 2.30. The first-order valence-corrected chi connectivity index (χ1v) is 17.1. The summed E-state index contributed by atoms with van der Waals surface area (Å²) in [6.45, 7) is 3.39. The Morgan fingerprint density at radius 3 is 2.34 bits per heavy atom. The van der Waals surface area contributed by atoms with Gasteiger partial charge in [0, 0.05) is 38.5 Å². The summed E-state index contributed by atoms with van der Waals surface area (Å²) < 4.78 is 38.0. The minimum Gasteiger partial charge on any atom is -0.486 e. The van der Waals surface area contributed by atoms with Crippen molar-refractivity contribution in [1.82, 2.24) is 10.2 Å². The van der Waals surface area contributed by atoms with E-state index in [-0.39, 0.29) is 37.7 Å². The van der Waals surface area contributed by atoms with Gasteiger partial charge in [-0.05, 0) is 48.2 Å². The number of sulfonamides is 1. The van der Waals surface area contributed by atoms with Gasteiger partial charge in [0.1, 0.15) is 19.3 Å². The number of rotatable bonds is 14. The number of nitrogens with zero attached hydrogens (tertiary/aromatic N) is 2. The van der Waals surface area contributed by atoms with Crippen molar-refractivity contribution >= 4 is 50.7 Å². The Morgan fingerprint density at radius 2 is 1.66 bits per heavy atom. The quantitative estimate of drug-likeness (QED) is 0.245. The Bertz CT molecular complexity index is 1550. The van der Waals surface area contributed by atoms with Crippen LogP contribution in [0, 0.1) is 0 Å². The van der Waals surface area contributed by atoms with Crippen LogP contribution in [0.15, 0.2) is 66.7 Å². The molecule has 0 fully saturated rings. The lowest BCUT2D eigenvalue weighted by Gasteiger charge is -2.32. The molecule has 0 bridgehead atoms. The summed E-state index contributed by atoms with van der Waals surface area (Å²) in [6, 6.07) is 18.8. The lowest BCUT2D eigenvalue weighted by molar-refractivity contribution is -0.141. The van der Waals surface area contributed by atoms with E-state index in [0.29, 0.717) is 59.0 Å². The molecule has 236 valence electrons. The Hall–Kier alpha value is -3.47. The number of halogens is 2. The second-order valence-electron chi connectivity index (χ2n) is 10.5. The molecule has 1 atom stereocenters. The van der Waals surface area contributed by atoms with Gasteiger partial charge in [0.15, 0.2) is 11.5 Å². The molecule has 4 rings (SSSR count). The van der Waals surface area contributed by atoms with Crippen molar-refractivity contribution in [3.63, 3.8) is 0 Å². The average Bonchev–Trinajstić information content (AvgIpc) is 3.01. The van der Waals surface area contributed by atoms with Crippen molar-refractivity contribution in [2.75, 3.05) is 36.9 Å². The van der Waals surface area contributed by atoms with Crippen molar-refractivity contribution in [3.05, 3.63) is 87.9 Å². The normalized spacial score (nSPS) is 13.2. The van der Waals surface area contributed by atoms with E-state index in [1.807, 2.05) is 37.3 Å². The predicted octanol–water partition coefficient (Wildman–Crippen LogP) is 5.48. The summed E-state index contributed by atoms with van der Waals surface area (Å²) in [6.07, 6.45) is 2.38. The van der Waals surface area contributed by atoms with Crippen LogP contribution in [-0.4, -0.2) is 63.7 Å². The number of fused-ring (bicyclic) bond motifs is 1. The van der Waals surface area contributed by atoms with E-state index in [1.54, 1.807) is 41.3 Å². The van der Waals surface area contributed by atoms with Crippen molar-refractivity contribution in [2.45, 2.75) is 45.2 Å². The van der Waals surface area contributed by atoms with Gasteiger partial charge in [-0.2, -0.15) is 0 Å². The molecule has 2 amide bonds. The smallest absolute Gasteiger partial charge is 0.243 e. The molecule has 1 heterocycles. The number of nitrogens with one attached hydrogen (secondary N) is 1. The zero-order chi connectivity index (χ0) is 31.7. The molecule has 0 saturated heterocycles. The third-order valence-electron chi connectivity index (χ3n) is 7.12. The van der Waals surface area contributed by atoms with Crippen molar-refractivity contribution in [2.24, 2.45) is 0 Å². The third kappa shape index (κ3) is 9.03. The standard InChI is InChI=1S/C32H37Cl2N3O6S/c1-3-15-35-32(39)28(20-23-8-5-4-6-9-23)36(22-24-11-13-26(33)27(34)19-24)31(38)10-7-16-37(44(2,40)41)25-12-14-29-30(21-25)43-18-17-42-29/h4-6,8-9,11-14,19,21,28H,3,7,10,15-18,20,22H2,1-2H3,(H,35,39)/t28-/m0/s1. The second-order valence-corrected chi connectivity index (χ2v) is 13.3. The number of ether oxygens (including phenoxy) is 2. The lowest BCUT2D eigenvalue weighted by atomic mass is 10.0. The summed E-state index contributed by atoms with van der Waals surface area (Å²) in [7, 11) is -3.68. The molecule has 0 radical (unpaired) electrons. The van der Waals surface area contributed by atoms with E-state index in [2.05, 4.69) is 5.32 Å². The number of carbonyl (C=O) groups is 2. The molecule has 1 N–H and O–H groups in total. The van der Waals surface area contributed by atoms with Gasteiger partial charge in [0.2, 0.25) is 21.8 Å². The zero-order valence-corrected chi connectivity index (χ0v) is 27.1.